The van der Waals surface area contributed by atoms with Crippen LogP contribution in [0.2, 0.25) is 0 Å². The van der Waals surface area contributed by atoms with E-state index in [-0.39, 0.29) is 0 Å². The van der Waals surface area contributed by atoms with E-state index in [0.717, 1.165) is 5.92 Å². The Balaban J connectivity index is 1.88. The second-order valence-electron chi connectivity index (χ2n) is 6.62. The van der Waals surface area contributed by atoms with E-state index in [2.05, 4.69) is 49.0 Å². The number of pyridine rings is 1. The van der Waals surface area contributed by atoms with Crippen molar-refractivity contribution in [1.82, 2.24) is 0 Å². The predicted molar refractivity (Wildman–Crippen MR) is 92.3 cm³/mol. The molecule has 0 amide bonds. The van der Waals surface area contributed by atoms with Gasteiger partial charge in [0.25, 0.3) is 0 Å². The molecule has 0 radical (unpaired) electrons. The lowest BCUT2D eigenvalue weighted by Gasteiger charge is -2.10. The van der Waals surface area contributed by atoms with Crippen molar-refractivity contribution in [3.05, 3.63) is 30.6 Å². The van der Waals surface area contributed by atoms with Crippen molar-refractivity contribution in [3.63, 3.8) is 0 Å². The van der Waals surface area contributed by atoms with Gasteiger partial charge in [0.15, 0.2) is 12.4 Å². The highest BCUT2D eigenvalue weighted by molar-refractivity contribution is 4.83. The van der Waals surface area contributed by atoms with E-state index in [9.17, 15) is 0 Å². The van der Waals surface area contributed by atoms with Gasteiger partial charge in [-0.15, -0.1) is 0 Å². The maximum atomic E-state index is 2.43. The van der Waals surface area contributed by atoms with Crippen molar-refractivity contribution in [1.29, 1.82) is 0 Å². The van der Waals surface area contributed by atoms with E-state index in [1.807, 2.05) is 0 Å². The van der Waals surface area contributed by atoms with Gasteiger partial charge in [-0.25, -0.2) is 4.57 Å². The summed E-state index contributed by atoms with van der Waals surface area (Å²) < 4.78 is 2.29. The summed E-state index contributed by atoms with van der Waals surface area (Å²) in [6.07, 6.45) is 19.9. The number of rotatable bonds is 13. The van der Waals surface area contributed by atoms with Crippen LogP contribution in [0.5, 0.6) is 0 Å². The lowest BCUT2D eigenvalue weighted by molar-refractivity contribution is -0.697. The van der Waals surface area contributed by atoms with Crippen LogP contribution in [0.25, 0.3) is 0 Å². The Kier molecular flexibility index (Phi) is 11.1. The zero-order valence-corrected chi connectivity index (χ0v) is 14.4. The van der Waals surface area contributed by atoms with Crippen LogP contribution >= 0.6 is 0 Å². The summed E-state index contributed by atoms with van der Waals surface area (Å²) >= 11 is 0. The zero-order valence-electron chi connectivity index (χ0n) is 14.4. The highest BCUT2D eigenvalue weighted by atomic mass is 14.9. The van der Waals surface area contributed by atoms with Crippen LogP contribution < -0.4 is 4.57 Å². The summed E-state index contributed by atoms with van der Waals surface area (Å²) in [4.78, 5) is 0. The van der Waals surface area contributed by atoms with Crippen LogP contribution in [0.3, 0.4) is 0 Å². The molecule has 0 unspecified atom stereocenters. The first-order valence-corrected chi connectivity index (χ1v) is 9.27. The molecule has 0 aliphatic rings. The first-order chi connectivity index (χ1) is 10.3. The molecular formula is C20H36N+. The van der Waals surface area contributed by atoms with Gasteiger partial charge >= 0.3 is 0 Å². The van der Waals surface area contributed by atoms with Crippen molar-refractivity contribution in [2.75, 3.05) is 0 Å². The van der Waals surface area contributed by atoms with Crippen LogP contribution in [-0.4, -0.2) is 0 Å². The lowest BCUT2D eigenvalue weighted by atomic mass is 9.97. The molecule has 1 atom stereocenters. The van der Waals surface area contributed by atoms with Gasteiger partial charge in [-0.1, -0.05) is 77.7 Å². The van der Waals surface area contributed by atoms with E-state index in [1.54, 1.807) is 0 Å². The van der Waals surface area contributed by atoms with Crippen LogP contribution in [0.4, 0.5) is 0 Å². The molecule has 0 saturated carbocycles. The number of hydrogen-bond acceptors (Lipinski definition) is 0. The third-order valence-electron chi connectivity index (χ3n) is 4.44. The highest BCUT2D eigenvalue weighted by Crippen LogP contribution is 2.16. The molecular weight excluding hydrogens is 254 g/mol. The summed E-state index contributed by atoms with van der Waals surface area (Å²) in [5.74, 6) is 0.898. The summed E-state index contributed by atoms with van der Waals surface area (Å²) in [6.45, 7) is 5.89. The number of hydrogen-bond donors (Lipinski definition) is 0. The topological polar surface area (TPSA) is 3.88 Å². The molecule has 0 fully saturated rings. The fourth-order valence-corrected chi connectivity index (χ4v) is 2.98. The van der Waals surface area contributed by atoms with E-state index < -0.39 is 0 Å². The summed E-state index contributed by atoms with van der Waals surface area (Å²) in [5.41, 5.74) is 0. The molecule has 0 spiro atoms. The second-order valence-corrected chi connectivity index (χ2v) is 6.62. The molecule has 0 aliphatic carbocycles. The molecule has 0 N–H and O–H groups in total. The Morgan fingerprint density at radius 3 is 1.95 bits per heavy atom. The molecule has 21 heavy (non-hydrogen) atoms. The zero-order chi connectivity index (χ0) is 15.2. The fourth-order valence-electron chi connectivity index (χ4n) is 2.98. The average molecular weight is 291 g/mol. The minimum Gasteiger partial charge on any atom is -0.205 e. The largest absolute Gasteiger partial charge is 0.205 e. The van der Waals surface area contributed by atoms with Gasteiger partial charge in [0.2, 0.25) is 0 Å². The molecule has 1 heteroatoms. The molecule has 1 heterocycles. The Hall–Kier alpha value is -0.850. The summed E-state index contributed by atoms with van der Waals surface area (Å²) in [5, 5.41) is 0. The van der Waals surface area contributed by atoms with Gasteiger partial charge < -0.3 is 0 Å². The molecule has 0 aromatic carbocycles. The van der Waals surface area contributed by atoms with E-state index in [1.165, 1.54) is 77.2 Å². The lowest BCUT2D eigenvalue weighted by Crippen LogP contribution is -2.32. The van der Waals surface area contributed by atoms with Crippen molar-refractivity contribution in [2.24, 2.45) is 5.92 Å². The minimum atomic E-state index is 0.898. The summed E-state index contributed by atoms with van der Waals surface area (Å²) in [7, 11) is 0. The number of nitrogens with zero attached hydrogens (tertiary/aromatic N) is 1. The summed E-state index contributed by atoms with van der Waals surface area (Å²) in [6, 6.07) is 6.31. The second kappa shape index (κ2) is 12.9. The molecule has 1 nitrogen and oxygen atoms in total. The maximum absolute atomic E-state index is 2.43. The average Bonchev–Trinajstić information content (AvgIpc) is 2.51. The first kappa shape index (κ1) is 18.2. The monoisotopic (exact) mass is 290 g/mol. The molecule has 120 valence electrons. The fraction of sp³-hybridized carbons (Fsp3) is 0.750. The van der Waals surface area contributed by atoms with Gasteiger partial charge in [-0.05, 0) is 12.3 Å². The molecule has 1 aromatic heterocycles. The van der Waals surface area contributed by atoms with Crippen molar-refractivity contribution in [2.45, 2.75) is 91.0 Å². The standard InChI is InChI=1S/C20H36N/c1-3-4-5-6-7-8-9-11-15-20(2)16-14-19-21-17-12-10-13-18-21/h10,12-13,17-18,20H,3-9,11,14-16,19H2,1-2H3/q+1/t20-/m0/s1. The third kappa shape index (κ3) is 10.5. The SMILES string of the molecule is CCCCCCCCCC[C@H](C)CCC[n+]1ccccc1. The maximum Gasteiger partial charge on any atom is 0.168 e. The highest BCUT2D eigenvalue weighted by Gasteiger charge is 2.04. The quantitative estimate of drug-likeness (QED) is 0.313. The van der Waals surface area contributed by atoms with Gasteiger partial charge in [-0.3, -0.25) is 0 Å². The van der Waals surface area contributed by atoms with Crippen molar-refractivity contribution < 1.29 is 4.57 Å². The van der Waals surface area contributed by atoms with Crippen LogP contribution in [0, 0.1) is 5.92 Å². The van der Waals surface area contributed by atoms with E-state index in [0.29, 0.717) is 0 Å². The van der Waals surface area contributed by atoms with Crippen LogP contribution in [-0.2, 0) is 6.54 Å². The van der Waals surface area contributed by atoms with Gasteiger partial charge in [0.05, 0.1) is 0 Å². The minimum absolute atomic E-state index is 0.898. The Morgan fingerprint density at radius 1 is 0.714 bits per heavy atom. The van der Waals surface area contributed by atoms with Gasteiger partial charge in [0, 0.05) is 18.6 Å². The molecule has 0 aliphatic heterocycles. The van der Waals surface area contributed by atoms with Crippen LogP contribution in [0.15, 0.2) is 30.6 Å². The Morgan fingerprint density at radius 2 is 1.29 bits per heavy atom. The van der Waals surface area contributed by atoms with Crippen molar-refractivity contribution in [3.8, 4) is 0 Å². The predicted octanol–water partition coefficient (Wildman–Crippen LogP) is 5.92. The van der Waals surface area contributed by atoms with E-state index in [4.69, 9.17) is 0 Å². The van der Waals surface area contributed by atoms with Gasteiger partial charge in [0.1, 0.15) is 6.54 Å². The number of aryl methyl sites for hydroxylation is 1. The van der Waals surface area contributed by atoms with Crippen molar-refractivity contribution >= 4 is 0 Å². The molecule has 1 rings (SSSR count). The normalized spacial score (nSPS) is 12.5. The van der Waals surface area contributed by atoms with Crippen LogP contribution in [0.1, 0.15) is 84.5 Å². The van der Waals surface area contributed by atoms with E-state index >= 15 is 0 Å². The third-order valence-corrected chi connectivity index (χ3v) is 4.44. The first-order valence-electron chi connectivity index (χ1n) is 9.27. The molecule has 0 saturated heterocycles. The molecule has 0 bridgehead atoms. The Labute approximate surface area is 132 Å². The van der Waals surface area contributed by atoms with Gasteiger partial charge in [-0.2, -0.15) is 0 Å². The Bertz CT molecular complexity index is 320. The smallest absolute Gasteiger partial charge is 0.168 e. The molecule has 1 aromatic rings. The number of unbranched alkanes of at least 4 members (excludes halogenated alkanes) is 7. The number of aromatic nitrogens is 1.